The fraction of sp³-hybridized carbons (Fsp3) is 0.692. The summed E-state index contributed by atoms with van der Waals surface area (Å²) in [6.07, 6.45) is 7.83. The van der Waals surface area contributed by atoms with Gasteiger partial charge in [0.25, 0.3) is 0 Å². The Balaban J connectivity index is 2.51. The van der Waals surface area contributed by atoms with Gasteiger partial charge < -0.3 is 4.74 Å². The van der Waals surface area contributed by atoms with Crippen molar-refractivity contribution in [3.05, 3.63) is 24.3 Å². The lowest BCUT2D eigenvalue weighted by Gasteiger charge is -2.35. The van der Waals surface area contributed by atoms with E-state index in [-0.39, 0.29) is 5.60 Å². The van der Waals surface area contributed by atoms with Crippen LogP contribution in [0.25, 0.3) is 0 Å². The second-order valence-corrected chi connectivity index (χ2v) is 4.72. The molecule has 1 atom stereocenters. The van der Waals surface area contributed by atoms with Crippen molar-refractivity contribution in [1.29, 1.82) is 0 Å². The predicted octanol–water partition coefficient (Wildman–Crippen LogP) is 3.71. The highest BCUT2D eigenvalue weighted by atomic mass is 16.5. The van der Waals surface area contributed by atoms with Crippen molar-refractivity contribution < 1.29 is 4.74 Å². The molecule has 0 heterocycles. The average Bonchev–Trinajstić information content (AvgIpc) is 2.16. The monoisotopic (exact) mass is 194 g/mol. The van der Waals surface area contributed by atoms with E-state index in [4.69, 9.17) is 4.74 Å². The van der Waals surface area contributed by atoms with Crippen molar-refractivity contribution >= 4 is 0 Å². The van der Waals surface area contributed by atoms with Crippen LogP contribution in [0.2, 0.25) is 0 Å². The molecule has 80 valence electrons. The summed E-state index contributed by atoms with van der Waals surface area (Å²) >= 11 is 0. The van der Waals surface area contributed by atoms with Gasteiger partial charge in [-0.15, -0.1) is 6.58 Å². The molecule has 1 aliphatic carbocycles. The zero-order chi connectivity index (χ0) is 10.6. The van der Waals surface area contributed by atoms with E-state index in [1.54, 1.807) is 0 Å². The first-order chi connectivity index (χ1) is 6.56. The molecule has 0 aliphatic heterocycles. The zero-order valence-corrected chi connectivity index (χ0v) is 9.68. The number of allylic oxidation sites excluding steroid dienone is 2. The van der Waals surface area contributed by atoms with Crippen LogP contribution in [0.3, 0.4) is 0 Å². The van der Waals surface area contributed by atoms with Crippen LogP contribution in [-0.2, 0) is 4.74 Å². The minimum Gasteiger partial charge on any atom is -0.371 e. The molecule has 1 nitrogen and oxygen atoms in total. The number of rotatable bonds is 4. The fourth-order valence-corrected chi connectivity index (χ4v) is 1.99. The van der Waals surface area contributed by atoms with Crippen molar-refractivity contribution in [2.75, 3.05) is 6.61 Å². The Morgan fingerprint density at radius 1 is 1.64 bits per heavy atom. The van der Waals surface area contributed by atoms with Gasteiger partial charge in [0, 0.05) is 0 Å². The zero-order valence-electron chi connectivity index (χ0n) is 9.68. The minimum absolute atomic E-state index is 0.00854. The lowest BCUT2D eigenvalue weighted by Crippen LogP contribution is -2.35. The summed E-state index contributed by atoms with van der Waals surface area (Å²) in [5, 5.41) is 0. The Bertz CT molecular complexity index is 225. The molecule has 0 aromatic heterocycles. The number of hydrogen-bond acceptors (Lipinski definition) is 1. The van der Waals surface area contributed by atoms with Crippen molar-refractivity contribution in [3.63, 3.8) is 0 Å². The van der Waals surface area contributed by atoms with Gasteiger partial charge in [-0.3, -0.25) is 0 Å². The van der Waals surface area contributed by atoms with Crippen LogP contribution in [0.4, 0.5) is 0 Å². The molecule has 0 saturated carbocycles. The molecule has 0 aromatic rings. The largest absolute Gasteiger partial charge is 0.371 e. The first kappa shape index (κ1) is 11.5. The van der Waals surface area contributed by atoms with E-state index in [0.29, 0.717) is 12.5 Å². The molecule has 0 saturated heterocycles. The van der Waals surface area contributed by atoms with E-state index in [2.05, 4.69) is 33.4 Å². The first-order valence-corrected chi connectivity index (χ1v) is 5.46. The van der Waals surface area contributed by atoms with Gasteiger partial charge in [0.15, 0.2) is 0 Å². The van der Waals surface area contributed by atoms with E-state index >= 15 is 0 Å². The summed E-state index contributed by atoms with van der Waals surface area (Å²) in [5.41, 5.74) is 1.52. The van der Waals surface area contributed by atoms with Gasteiger partial charge in [0.2, 0.25) is 0 Å². The highest BCUT2D eigenvalue weighted by Crippen LogP contribution is 2.33. The van der Waals surface area contributed by atoms with Gasteiger partial charge in [0.05, 0.1) is 12.2 Å². The smallest absolute Gasteiger partial charge is 0.0661 e. The van der Waals surface area contributed by atoms with Gasteiger partial charge >= 0.3 is 0 Å². The normalized spacial score (nSPS) is 23.1. The molecule has 1 unspecified atom stereocenters. The van der Waals surface area contributed by atoms with Crippen LogP contribution < -0.4 is 0 Å². The van der Waals surface area contributed by atoms with E-state index in [1.807, 2.05) is 6.08 Å². The molecule has 0 amide bonds. The maximum absolute atomic E-state index is 5.81. The standard InChI is InChI=1S/C13H22O/c1-5-10-14-13(3,4)12-8-6-11(2)7-9-12/h5-6,12H,1,7-10H2,2-4H3. The Morgan fingerprint density at radius 2 is 2.36 bits per heavy atom. The highest BCUT2D eigenvalue weighted by molar-refractivity contribution is 5.05. The molecule has 0 N–H and O–H groups in total. The molecule has 1 heteroatoms. The number of ether oxygens (including phenoxy) is 1. The number of hydrogen-bond donors (Lipinski definition) is 0. The molecule has 1 aliphatic rings. The van der Waals surface area contributed by atoms with Crippen LogP contribution in [0, 0.1) is 5.92 Å². The molecule has 0 aromatic carbocycles. The van der Waals surface area contributed by atoms with Gasteiger partial charge in [-0.05, 0) is 46.0 Å². The Morgan fingerprint density at radius 3 is 2.86 bits per heavy atom. The molecule has 0 bridgehead atoms. The molecule has 0 spiro atoms. The lowest BCUT2D eigenvalue weighted by atomic mass is 9.79. The van der Waals surface area contributed by atoms with Crippen molar-refractivity contribution in [2.45, 2.75) is 45.6 Å². The molecular weight excluding hydrogens is 172 g/mol. The maximum atomic E-state index is 5.81. The third-order valence-corrected chi connectivity index (χ3v) is 3.19. The van der Waals surface area contributed by atoms with E-state index in [1.165, 1.54) is 18.4 Å². The summed E-state index contributed by atoms with van der Waals surface area (Å²) in [6, 6.07) is 0. The molecular formula is C13H22O. The topological polar surface area (TPSA) is 9.23 Å². The first-order valence-electron chi connectivity index (χ1n) is 5.46. The lowest BCUT2D eigenvalue weighted by molar-refractivity contribution is -0.0498. The van der Waals surface area contributed by atoms with E-state index in [9.17, 15) is 0 Å². The second-order valence-electron chi connectivity index (χ2n) is 4.72. The fourth-order valence-electron chi connectivity index (χ4n) is 1.99. The second kappa shape index (κ2) is 4.79. The summed E-state index contributed by atoms with van der Waals surface area (Å²) in [5.74, 6) is 0.658. The molecule has 0 radical (unpaired) electrons. The predicted molar refractivity (Wildman–Crippen MR) is 61.3 cm³/mol. The summed E-state index contributed by atoms with van der Waals surface area (Å²) in [4.78, 5) is 0. The van der Waals surface area contributed by atoms with Crippen molar-refractivity contribution in [2.24, 2.45) is 5.92 Å². The summed E-state index contributed by atoms with van der Waals surface area (Å²) < 4.78 is 5.81. The van der Waals surface area contributed by atoms with Crippen LogP contribution in [-0.4, -0.2) is 12.2 Å². The Labute approximate surface area is 87.8 Å². The summed E-state index contributed by atoms with van der Waals surface area (Å²) in [6.45, 7) is 10.9. The minimum atomic E-state index is -0.00854. The van der Waals surface area contributed by atoms with Crippen molar-refractivity contribution in [1.82, 2.24) is 0 Å². The molecule has 14 heavy (non-hydrogen) atoms. The third-order valence-electron chi connectivity index (χ3n) is 3.19. The Kier molecular flexibility index (Phi) is 3.94. The van der Waals surface area contributed by atoms with Crippen LogP contribution in [0.15, 0.2) is 24.3 Å². The van der Waals surface area contributed by atoms with Gasteiger partial charge in [-0.1, -0.05) is 17.7 Å². The van der Waals surface area contributed by atoms with E-state index < -0.39 is 0 Å². The molecule has 0 fully saturated rings. The van der Waals surface area contributed by atoms with Gasteiger partial charge in [-0.2, -0.15) is 0 Å². The summed E-state index contributed by atoms with van der Waals surface area (Å²) in [7, 11) is 0. The van der Waals surface area contributed by atoms with Crippen molar-refractivity contribution in [3.8, 4) is 0 Å². The third kappa shape index (κ3) is 2.98. The van der Waals surface area contributed by atoms with Crippen LogP contribution in [0.1, 0.15) is 40.0 Å². The van der Waals surface area contributed by atoms with Gasteiger partial charge in [0.1, 0.15) is 0 Å². The Hall–Kier alpha value is -0.560. The van der Waals surface area contributed by atoms with Gasteiger partial charge in [-0.25, -0.2) is 0 Å². The van der Waals surface area contributed by atoms with E-state index in [0.717, 1.165) is 6.42 Å². The average molecular weight is 194 g/mol. The quantitative estimate of drug-likeness (QED) is 0.620. The van der Waals surface area contributed by atoms with Crippen LogP contribution in [0.5, 0.6) is 0 Å². The van der Waals surface area contributed by atoms with Crippen LogP contribution >= 0.6 is 0 Å². The highest BCUT2D eigenvalue weighted by Gasteiger charge is 2.30. The molecule has 1 rings (SSSR count). The maximum Gasteiger partial charge on any atom is 0.0661 e. The SMILES string of the molecule is C=CCOC(C)(C)C1CC=C(C)CC1.